The molecule has 17 heavy (non-hydrogen) atoms. The lowest BCUT2D eigenvalue weighted by Crippen LogP contribution is -1.90. The summed E-state index contributed by atoms with van der Waals surface area (Å²) in [6.45, 7) is 0. The average molecular weight is 228 g/mol. The lowest BCUT2D eigenvalue weighted by Gasteiger charge is -2.00. The number of hydrogen-bond donors (Lipinski definition) is 0. The number of aryl methyl sites for hydroxylation is 1. The highest BCUT2D eigenvalue weighted by Crippen LogP contribution is 2.26. The number of benzene rings is 1. The molecule has 86 valence electrons. The van der Waals surface area contributed by atoms with Gasteiger partial charge in [-0.25, -0.2) is 4.98 Å². The van der Waals surface area contributed by atoms with Crippen LogP contribution in [0.2, 0.25) is 0 Å². The van der Waals surface area contributed by atoms with Crippen molar-refractivity contribution in [3.63, 3.8) is 0 Å². The van der Waals surface area contributed by atoms with Crippen LogP contribution in [0.1, 0.15) is 0 Å². The molecule has 0 spiro atoms. The van der Waals surface area contributed by atoms with Gasteiger partial charge in [0.2, 0.25) is 0 Å². The molecule has 0 unspecified atom stereocenters. The van der Waals surface area contributed by atoms with Gasteiger partial charge >= 0.3 is 0 Å². The Balaban J connectivity index is 2.24. The molecular formula is C13H12N2O2. The summed E-state index contributed by atoms with van der Waals surface area (Å²) < 4.78 is 12.3. The Kier molecular flexibility index (Phi) is 2.14. The van der Waals surface area contributed by atoms with Gasteiger partial charge in [-0.3, -0.25) is 0 Å². The predicted octanol–water partition coefficient (Wildman–Crippen LogP) is 2.84. The number of rotatable bonds is 2. The van der Waals surface area contributed by atoms with Gasteiger partial charge in [-0.2, -0.15) is 0 Å². The highest BCUT2D eigenvalue weighted by atomic mass is 16.5. The van der Waals surface area contributed by atoms with Crippen LogP contribution >= 0.6 is 0 Å². The van der Waals surface area contributed by atoms with Gasteiger partial charge in [-0.15, -0.1) is 0 Å². The molecule has 0 radical (unpaired) electrons. The second-order valence-corrected chi connectivity index (χ2v) is 3.86. The maximum Gasteiger partial charge on any atom is 0.144 e. The minimum absolute atomic E-state index is 0.814. The minimum atomic E-state index is 0.814. The van der Waals surface area contributed by atoms with E-state index in [2.05, 4.69) is 4.98 Å². The van der Waals surface area contributed by atoms with Gasteiger partial charge in [-0.1, -0.05) is 0 Å². The second-order valence-electron chi connectivity index (χ2n) is 3.86. The van der Waals surface area contributed by atoms with E-state index in [1.54, 1.807) is 19.6 Å². The van der Waals surface area contributed by atoms with Crippen LogP contribution in [-0.4, -0.2) is 16.7 Å². The van der Waals surface area contributed by atoms with Gasteiger partial charge in [0.15, 0.2) is 0 Å². The number of hydrogen-bond acceptors (Lipinski definition) is 3. The molecule has 3 rings (SSSR count). The molecule has 0 saturated carbocycles. The van der Waals surface area contributed by atoms with Gasteiger partial charge in [0.05, 0.1) is 30.0 Å². The summed E-state index contributed by atoms with van der Waals surface area (Å²) in [5.41, 5.74) is 2.97. The SMILES string of the molecule is COc1ccc2c(c1)nc(-c1ccoc1)n2C. The third kappa shape index (κ3) is 1.49. The summed E-state index contributed by atoms with van der Waals surface area (Å²) >= 11 is 0. The number of methoxy groups -OCH3 is 1. The van der Waals surface area contributed by atoms with Crippen LogP contribution in [0.4, 0.5) is 0 Å². The molecule has 0 saturated heterocycles. The fraction of sp³-hybridized carbons (Fsp3) is 0.154. The molecule has 0 amide bonds. The summed E-state index contributed by atoms with van der Waals surface area (Å²) in [6.07, 6.45) is 3.34. The van der Waals surface area contributed by atoms with Crippen molar-refractivity contribution < 1.29 is 9.15 Å². The molecule has 0 aliphatic rings. The second kappa shape index (κ2) is 3.66. The first-order valence-electron chi connectivity index (χ1n) is 5.32. The van der Waals surface area contributed by atoms with Crippen LogP contribution < -0.4 is 4.74 Å². The minimum Gasteiger partial charge on any atom is -0.497 e. The predicted molar refractivity (Wildman–Crippen MR) is 65.0 cm³/mol. The third-order valence-electron chi connectivity index (χ3n) is 2.87. The molecule has 2 aromatic heterocycles. The van der Waals surface area contributed by atoms with E-state index in [9.17, 15) is 0 Å². The molecule has 0 N–H and O–H groups in total. The zero-order chi connectivity index (χ0) is 11.8. The van der Waals surface area contributed by atoms with Gasteiger partial charge in [0.25, 0.3) is 0 Å². The highest BCUT2D eigenvalue weighted by molar-refractivity contribution is 5.81. The average Bonchev–Trinajstić information content (AvgIpc) is 2.97. The fourth-order valence-corrected chi connectivity index (χ4v) is 1.96. The molecule has 0 fully saturated rings. The zero-order valence-corrected chi connectivity index (χ0v) is 9.68. The Hall–Kier alpha value is -2.23. The standard InChI is InChI=1S/C13H12N2O2/c1-15-12-4-3-10(16-2)7-11(12)14-13(15)9-5-6-17-8-9/h3-8H,1-2H3. The summed E-state index contributed by atoms with van der Waals surface area (Å²) in [7, 11) is 3.64. The monoisotopic (exact) mass is 228 g/mol. The van der Waals surface area contributed by atoms with E-state index >= 15 is 0 Å². The van der Waals surface area contributed by atoms with Crippen LogP contribution in [0, 0.1) is 0 Å². The van der Waals surface area contributed by atoms with Crippen molar-refractivity contribution >= 4 is 11.0 Å². The number of furan rings is 1. The van der Waals surface area contributed by atoms with Crippen molar-refractivity contribution in [2.45, 2.75) is 0 Å². The van der Waals surface area contributed by atoms with Gasteiger partial charge < -0.3 is 13.7 Å². The Bertz CT molecular complexity index is 653. The van der Waals surface area contributed by atoms with E-state index in [-0.39, 0.29) is 0 Å². The lowest BCUT2D eigenvalue weighted by molar-refractivity contribution is 0.415. The van der Waals surface area contributed by atoms with E-state index in [0.717, 1.165) is 28.2 Å². The van der Waals surface area contributed by atoms with Crippen LogP contribution in [0.25, 0.3) is 22.4 Å². The Morgan fingerprint density at radius 1 is 1.29 bits per heavy atom. The summed E-state index contributed by atoms with van der Waals surface area (Å²) in [6, 6.07) is 7.77. The van der Waals surface area contributed by atoms with Crippen molar-refractivity contribution in [1.29, 1.82) is 0 Å². The maximum absolute atomic E-state index is 5.19. The van der Waals surface area contributed by atoms with Crippen molar-refractivity contribution in [3.8, 4) is 17.1 Å². The van der Waals surface area contributed by atoms with Crippen molar-refractivity contribution in [2.75, 3.05) is 7.11 Å². The van der Waals surface area contributed by atoms with E-state index in [1.807, 2.05) is 35.9 Å². The number of ether oxygens (including phenoxy) is 1. The quantitative estimate of drug-likeness (QED) is 0.677. The molecule has 1 aromatic carbocycles. The first kappa shape index (κ1) is 9.96. The first-order chi connectivity index (χ1) is 8.29. The number of fused-ring (bicyclic) bond motifs is 1. The fourth-order valence-electron chi connectivity index (χ4n) is 1.96. The normalized spacial score (nSPS) is 10.9. The molecule has 0 bridgehead atoms. The van der Waals surface area contributed by atoms with Crippen LogP contribution in [0.15, 0.2) is 41.2 Å². The Morgan fingerprint density at radius 2 is 2.18 bits per heavy atom. The van der Waals surface area contributed by atoms with Gasteiger partial charge in [0, 0.05) is 13.1 Å². The summed E-state index contributed by atoms with van der Waals surface area (Å²) in [5.74, 6) is 1.70. The number of aromatic nitrogens is 2. The van der Waals surface area contributed by atoms with Gasteiger partial charge in [-0.05, 0) is 18.2 Å². The number of imidazole rings is 1. The summed E-state index contributed by atoms with van der Waals surface area (Å²) in [4.78, 5) is 4.59. The molecular weight excluding hydrogens is 216 g/mol. The largest absolute Gasteiger partial charge is 0.497 e. The lowest BCUT2D eigenvalue weighted by atomic mass is 10.3. The molecule has 2 heterocycles. The van der Waals surface area contributed by atoms with Crippen molar-refractivity contribution in [3.05, 3.63) is 36.8 Å². The molecule has 3 aromatic rings. The van der Waals surface area contributed by atoms with Crippen molar-refractivity contribution in [1.82, 2.24) is 9.55 Å². The first-order valence-corrected chi connectivity index (χ1v) is 5.32. The maximum atomic E-state index is 5.19. The molecule has 0 aliphatic heterocycles. The van der Waals surface area contributed by atoms with E-state index < -0.39 is 0 Å². The highest BCUT2D eigenvalue weighted by Gasteiger charge is 2.11. The van der Waals surface area contributed by atoms with Crippen LogP contribution in [-0.2, 0) is 7.05 Å². The molecule has 4 nitrogen and oxygen atoms in total. The zero-order valence-electron chi connectivity index (χ0n) is 9.68. The Labute approximate surface area is 98.4 Å². The topological polar surface area (TPSA) is 40.2 Å². The van der Waals surface area contributed by atoms with Crippen molar-refractivity contribution in [2.24, 2.45) is 7.05 Å². The number of nitrogens with zero attached hydrogens (tertiary/aromatic N) is 2. The van der Waals surface area contributed by atoms with Crippen LogP contribution in [0.5, 0.6) is 5.75 Å². The van der Waals surface area contributed by atoms with E-state index in [0.29, 0.717) is 0 Å². The smallest absolute Gasteiger partial charge is 0.144 e. The van der Waals surface area contributed by atoms with E-state index in [4.69, 9.17) is 9.15 Å². The van der Waals surface area contributed by atoms with E-state index in [1.165, 1.54) is 0 Å². The van der Waals surface area contributed by atoms with Gasteiger partial charge in [0.1, 0.15) is 17.8 Å². The molecule has 4 heteroatoms. The Morgan fingerprint density at radius 3 is 2.88 bits per heavy atom. The van der Waals surface area contributed by atoms with Crippen LogP contribution in [0.3, 0.4) is 0 Å². The summed E-state index contributed by atoms with van der Waals surface area (Å²) in [5, 5.41) is 0. The molecule has 0 atom stereocenters. The third-order valence-corrected chi connectivity index (χ3v) is 2.87. The molecule has 0 aliphatic carbocycles.